The van der Waals surface area contributed by atoms with E-state index in [0.717, 1.165) is 23.9 Å². The van der Waals surface area contributed by atoms with E-state index in [-0.39, 0.29) is 12.1 Å². The number of hydrogen-bond acceptors (Lipinski definition) is 2. The maximum atomic E-state index is 12.8. The lowest BCUT2D eigenvalue weighted by atomic mass is 10.0. The highest BCUT2D eigenvalue weighted by Gasteiger charge is 2.29. The molecule has 2 aromatic rings. The molecule has 6 heteroatoms. The van der Waals surface area contributed by atoms with Crippen LogP contribution in [0.5, 0.6) is 0 Å². The smallest absolute Gasteiger partial charge is 0.382 e. The molecule has 0 amide bonds. The molecule has 1 aromatic carbocycles. The Morgan fingerprint density at radius 1 is 1.35 bits per heavy atom. The minimum absolute atomic E-state index is 0.206. The first kappa shape index (κ1) is 16.2. The average Bonchev–Trinajstić information content (AvgIpc) is 2.75. The van der Waals surface area contributed by atoms with Crippen LogP contribution in [0.3, 0.4) is 0 Å². The van der Waals surface area contributed by atoms with Gasteiger partial charge in [-0.3, -0.25) is 0 Å². The fraction of sp³-hybridized carbons (Fsp3) is 0.529. The number of hydrogen-bond donors (Lipinski definition) is 1. The van der Waals surface area contributed by atoms with Crippen molar-refractivity contribution in [1.82, 2.24) is 4.57 Å². The summed E-state index contributed by atoms with van der Waals surface area (Å²) in [6, 6.07) is 7.59. The zero-order valence-corrected chi connectivity index (χ0v) is 13.3. The van der Waals surface area contributed by atoms with Crippen LogP contribution in [0.4, 0.5) is 18.9 Å². The molecular weight excluding hydrogens is 305 g/mol. The van der Waals surface area contributed by atoms with Gasteiger partial charge in [-0.1, -0.05) is 6.07 Å². The van der Waals surface area contributed by atoms with Gasteiger partial charge in [0, 0.05) is 29.4 Å². The highest BCUT2D eigenvalue weighted by molar-refractivity contribution is 5.93. The monoisotopic (exact) mass is 326 g/mol. The van der Waals surface area contributed by atoms with Crippen molar-refractivity contribution in [2.45, 2.75) is 51.6 Å². The lowest BCUT2D eigenvalue weighted by molar-refractivity contribution is -0.140. The van der Waals surface area contributed by atoms with E-state index in [2.05, 4.69) is 5.32 Å². The molecule has 126 valence electrons. The fourth-order valence-corrected chi connectivity index (χ4v) is 3.28. The highest BCUT2D eigenvalue weighted by atomic mass is 19.4. The third-order valence-corrected chi connectivity index (χ3v) is 4.34. The first-order valence-electron chi connectivity index (χ1n) is 7.87. The molecule has 1 aromatic heterocycles. The zero-order valence-electron chi connectivity index (χ0n) is 13.3. The summed E-state index contributed by atoms with van der Waals surface area (Å²) in [5.74, 6) is 0. The van der Waals surface area contributed by atoms with Gasteiger partial charge >= 0.3 is 6.18 Å². The lowest BCUT2D eigenvalue weighted by Crippen LogP contribution is -2.32. The van der Waals surface area contributed by atoms with E-state index >= 15 is 0 Å². The minimum Gasteiger partial charge on any atom is -0.382 e. The third-order valence-electron chi connectivity index (χ3n) is 4.34. The van der Waals surface area contributed by atoms with Gasteiger partial charge in [-0.15, -0.1) is 0 Å². The topological polar surface area (TPSA) is 26.2 Å². The molecule has 2 unspecified atom stereocenters. The van der Waals surface area contributed by atoms with E-state index in [1.165, 1.54) is 4.57 Å². The number of anilines is 1. The van der Waals surface area contributed by atoms with Crippen molar-refractivity contribution in [3.63, 3.8) is 0 Å². The molecular formula is C17H21F3N2O. The molecule has 3 rings (SSSR count). The summed E-state index contributed by atoms with van der Waals surface area (Å²) in [6.07, 6.45) is -2.21. The average molecular weight is 326 g/mol. The van der Waals surface area contributed by atoms with E-state index in [4.69, 9.17) is 4.74 Å². The summed E-state index contributed by atoms with van der Waals surface area (Å²) in [5, 5.41) is 4.32. The Kier molecular flexibility index (Phi) is 4.27. The van der Waals surface area contributed by atoms with Crippen LogP contribution in [0.25, 0.3) is 10.9 Å². The molecule has 0 aliphatic carbocycles. The van der Waals surface area contributed by atoms with Gasteiger partial charge in [-0.05, 0) is 44.9 Å². The zero-order chi connectivity index (χ0) is 16.6. The van der Waals surface area contributed by atoms with Gasteiger partial charge in [0.25, 0.3) is 0 Å². The summed E-state index contributed by atoms with van der Waals surface area (Å²) < 4.78 is 45.2. The molecule has 0 bridgehead atoms. The number of rotatable bonds is 3. The largest absolute Gasteiger partial charge is 0.406 e. The summed E-state index contributed by atoms with van der Waals surface area (Å²) >= 11 is 0. The maximum Gasteiger partial charge on any atom is 0.406 e. The molecule has 0 spiro atoms. The molecule has 2 atom stereocenters. The highest BCUT2D eigenvalue weighted by Crippen LogP contribution is 2.31. The number of benzene rings is 1. The summed E-state index contributed by atoms with van der Waals surface area (Å²) in [5.41, 5.74) is 2.13. The summed E-state index contributed by atoms with van der Waals surface area (Å²) in [7, 11) is 0. The first-order chi connectivity index (χ1) is 10.8. The van der Waals surface area contributed by atoms with Crippen LogP contribution in [0.1, 0.15) is 25.5 Å². The summed E-state index contributed by atoms with van der Waals surface area (Å²) in [4.78, 5) is 0. The maximum absolute atomic E-state index is 12.8. The van der Waals surface area contributed by atoms with Gasteiger partial charge in [0.15, 0.2) is 0 Å². The number of fused-ring (bicyclic) bond motifs is 1. The predicted octanol–water partition coefficient (Wildman–Crippen LogP) is 4.49. The fourth-order valence-electron chi connectivity index (χ4n) is 3.28. The van der Waals surface area contributed by atoms with Crippen LogP contribution in [0.2, 0.25) is 0 Å². The van der Waals surface area contributed by atoms with Crippen molar-refractivity contribution >= 4 is 16.6 Å². The number of nitrogens with zero attached hydrogens (tertiary/aromatic N) is 1. The van der Waals surface area contributed by atoms with Gasteiger partial charge in [0.05, 0.1) is 11.6 Å². The molecule has 23 heavy (non-hydrogen) atoms. The number of alkyl halides is 3. The van der Waals surface area contributed by atoms with Gasteiger partial charge in [0.1, 0.15) is 6.54 Å². The molecule has 1 saturated heterocycles. The van der Waals surface area contributed by atoms with E-state index in [1.807, 2.05) is 19.1 Å². The Morgan fingerprint density at radius 2 is 2.13 bits per heavy atom. The van der Waals surface area contributed by atoms with Crippen LogP contribution >= 0.6 is 0 Å². The second kappa shape index (κ2) is 6.07. The number of nitrogens with one attached hydrogen (secondary N) is 1. The van der Waals surface area contributed by atoms with Gasteiger partial charge in [-0.25, -0.2) is 0 Å². The molecule has 3 nitrogen and oxygen atoms in total. The van der Waals surface area contributed by atoms with Crippen LogP contribution in [0, 0.1) is 6.92 Å². The molecule has 1 aliphatic heterocycles. The van der Waals surface area contributed by atoms with Gasteiger partial charge in [0.2, 0.25) is 0 Å². The third kappa shape index (κ3) is 3.63. The van der Waals surface area contributed by atoms with Crippen molar-refractivity contribution < 1.29 is 17.9 Å². The van der Waals surface area contributed by atoms with Crippen molar-refractivity contribution in [1.29, 1.82) is 0 Å². The number of aromatic nitrogens is 1. The Morgan fingerprint density at radius 3 is 2.83 bits per heavy atom. The Bertz CT molecular complexity index is 693. The Hall–Kier alpha value is -1.69. The summed E-state index contributed by atoms with van der Waals surface area (Å²) in [6.45, 7) is 3.51. The number of halogens is 3. The van der Waals surface area contributed by atoms with Crippen LogP contribution in [-0.4, -0.2) is 29.5 Å². The lowest BCUT2D eigenvalue weighted by Gasteiger charge is -2.29. The second-order valence-electron chi connectivity index (χ2n) is 6.27. The first-order valence-corrected chi connectivity index (χ1v) is 7.87. The van der Waals surface area contributed by atoms with E-state index in [0.29, 0.717) is 17.8 Å². The predicted molar refractivity (Wildman–Crippen MR) is 84.8 cm³/mol. The molecule has 2 heterocycles. The molecule has 1 N–H and O–H groups in total. The SMILES string of the molecule is Cc1cc2c(NC3CCOC(C)C3)cccc2n1CC(F)(F)F. The van der Waals surface area contributed by atoms with Crippen molar-refractivity contribution in [2.75, 3.05) is 11.9 Å². The second-order valence-corrected chi connectivity index (χ2v) is 6.27. The van der Waals surface area contributed by atoms with Crippen LogP contribution in [-0.2, 0) is 11.3 Å². The van der Waals surface area contributed by atoms with E-state index in [9.17, 15) is 13.2 Å². The molecule has 0 saturated carbocycles. The molecule has 1 fully saturated rings. The van der Waals surface area contributed by atoms with Crippen molar-refractivity contribution in [3.05, 3.63) is 30.0 Å². The van der Waals surface area contributed by atoms with E-state index < -0.39 is 12.7 Å². The minimum atomic E-state index is -4.23. The normalized spacial score (nSPS) is 22.5. The van der Waals surface area contributed by atoms with Crippen LogP contribution in [0.15, 0.2) is 24.3 Å². The van der Waals surface area contributed by atoms with E-state index in [1.54, 1.807) is 19.1 Å². The molecule has 1 aliphatic rings. The van der Waals surface area contributed by atoms with Crippen molar-refractivity contribution in [3.8, 4) is 0 Å². The Labute approximate surface area is 133 Å². The number of ether oxygens (including phenoxy) is 1. The van der Waals surface area contributed by atoms with Crippen LogP contribution < -0.4 is 5.32 Å². The number of aryl methyl sites for hydroxylation is 1. The van der Waals surface area contributed by atoms with Gasteiger partial charge < -0.3 is 14.6 Å². The van der Waals surface area contributed by atoms with Crippen molar-refractivity contribution in [2.24, 2.45) is 0 Å². The quantitative estimate of drug-likeness (QED) is 0.899. The standard InChI is InChI=1S/C17H21F3N2O/c1-11-8-14-15(21-13-6-7-23-12(2)9-13)4-3-5-16(14)22(11)10-17(18,19)20/h3-5,8,12-13,21H,6-7,9-10H2,1-2H3. The van der Waals surface area contributed by atoms with Gasteiger partial charge in [-0.2, -0.15) is 13.2 Å². The molecule has 0 radical (unpaired) electrons. The Balaban J connectivity index is 1.91.